The van der Waals surface area contributed by atoms with Gasteiger partial charge in [-0.05, 0) is 70.2 Å². The topological polar surface area (TPSA) is 73.9 Å². The first kappa shape index (κ1) is 22.6. The van der Waals surface area contributed by atoms with Gasteiger partial charge < -0.3 is 25.2 Å². The van der Waals surface area contributed by atoms with Gasteiger partial charge in [0.2, 0.25) is 0 Å². The highest BCUT2D eigenvalue weighted by atomic mass is 16.5. The lowest BCUT2D eigenvalue weighted by Gasteiger charge is -2.22. The Hall–Kier alpha value is -3.06. The maximum absolute atomic E-state index is 13.0. The van der Waals surface area contributed by atoms with Crippen molar-refractivity contribution in [1.82, 2.24) is 10.2 Å². The number of rotatable bonds is 9. The molecule has 1 fully saturated rings. The molecule has 7 nitrogen and oxygen atoms in total. The minimum Gasteiger partial charge on any atom is -0.496 e. The molecule has 0 saturated carbocycles. The zero-order valence-corrected chi connectivity index (χ0v) is 18.6. The van der Waals surface area contributed by atoms with Crippen LogP contribution in [0, 0.1) is 0 Å². The average Bonchev–Trinajstić information content (AvgIpc) is 3.31. The number of ether oxygens (including phenoxy) is 1. The van der Waals surface area contributed by atoms with Gasteiger partial charge in [0.1, 0.15) is 5.75 Å². The van der Waals surface area contributed by atoms with Crippen LogP contribution < -0.4 is 20.3 Å². The summed E-state index contributed by atoms with van der Waals surface area (Å²) in [7, 11) is 5.57. The van der Waals surface area contributed by atoms with Gasteiger partial charge in [-0.25, -0.2) is 0 Å². The Bertz CT molecular complexity index is 907. The summed E-state index contributed by atoms with van der Waals surface area (Å²) in [6.45, 7) is 3.39. The fraction of sp³-hybridized carbons (Fsp3) is 0.417. The van der Waals surface area contributed by atoms with Crippen LogP contribution >= 0.6 is 0 Å². The van der Waals surface area contributed by atoms with Gasteiger partial charge in [0.25, 0.3) is 11.8 Å². The van der Waals surface area contributed by atoms with Gasteiger partial charge in [0.15, 0.2) is 0 Å². The first-order chi connectivity index (χ1) is 15.0. The molecule has 2 aromatic carbocycles. The number of anilines is 2. The average molecular weight is 425 g/mol. The molecular formula is C24H32N4O3. The third-order valence-corrected chi connectivity index (χ3v) is 5.37. The third kappa shape index (κ3) is 5.98. The van der Waals surface area contributed by atoms with Crippen molar-refractivity contribution in [3.05, 3.63) is 53.6 Å². The molecule has 0 spiro atoms. The molecular weight excluding hydrogens is 392 g/mol. The van der Waals surface area contributed by atoms with Crippen LogP contribution in [-0.2, 0) is 0 Å². The van der Waals surface area contributed by atoms with Gasteiger partial charge in [-0.3, -0.25) is 9.59 Å². The Morgan fingerprint density at radius 1 is 1.03 bits per heavy atom. The number of methoxy groups -OCH3 is 1. The smallest absolute Gasteiger partial charge is 0.259 e. The fourth-order valence-electron chi connectivity index (χ4n) is 3.75. The second-order valence-corrected chi connectivity index (χ2v) is 7.99. The maximum Gasteiger partial charge on any atom is 0.259 e. The Kier molecular flexibility index (Phi) is 7.89. The summed E-state index contributed by atoms with van der Waals surface area (Å²) in [5, 5.41) is 5.93. The van der Waals surface area contributed by atoms with Gasteiger partial charge in [0.05, 0.1) is 18.2 Å². The van der Waals surface area contributed by atoms with E-state index in [0.717, 1.165) is 44.6 Å². The highest BCUT2D eigenvalue weighted by Crippen LogP contribution is 2.28. The van der Waals surface area contributed by atoms with Gasteiger partial charge in [-0.15, -0.1) is 0 Å². The minimum atomic E-state index is -0.274. The van der Waals surface area contributed by atoms with E-state index in [1.54, 1.807) is 24.3 Å². The second kappa shape index (κ2) is 10.8. The summed E-state index contributed by atoms with van der Waals surface area (Å²) in [6.07, 6.45) is 3.12. The molecule has 3 rings (SSSR count). The van der Waals surface area contributed by atoms with Gasteiger partial charge >= 0.3 is 0 Å². The van der Waals surface area contributed by atoms with Crippen LogP contribution in [0.15, 0.2) is 42.5 Å². The minimum absolute atomic E-state index is 0.117. The molecule has 2 amide bonds. The normalized spacial score (nSPS) is 13.4. The van der Waals surface area contributed by atoms with E-state index in [-0.39, 0.29) is 11.8 Å². The van der Waals surface area contributed by atoms with Gasteiger partial charge in [-0.1, -0.05) is 12.1 Å². The van der Waals surface area contributed by atoms with Crippen LogP contribution in [0.3, 0.4) is 0 Å². The van der Waals surface area contributed by atoms with Crippen LogP contribution in [-0.4, -0.2) is 64.1 Å². The highest BCUT2D eigenvalue weighted by molar-refractivity contribution is 6.07. The van der Waals surface area contributed by atoms with E-state index in [2.05, 4.69) is 20.4 Å². The molecule has 1 saturated heterocycles. The summed E-state index contributed by atoms with van der Waals surface area (Å²) >= 11 is 0. The molecule has 2 aromatic rings. The van der Waals surface area contributed by atoms with Crippen LogP contribution in [0.25, 0.3) is 0 Å². The molecule has 166 valence electrons. The number of hydrogen-bond donors (Lipinski definition) is 2. The summed E-state index contributed by atoms with van der Waals surface area (Å²) in [6, 6.07) is 12.6. The summed E-state index contributed by atoms with van der Waals surface area (Å²) < 4.78 is 5.29. The standard InChI is InChI=1S/C24H32N4O3/c1-27(2)14-8-13-25-23(29)20-17-18(11-12-21(20)28-15-6-7-16-28)26-24(30)19-9-4-5-10-22(19)31-3/h4-5,9-12,17H,6-8,13-16H2,1-3H3,(H,25,29)(H,26,30). The first-order valence-corrected chi connectivity index (χ1v) is 10.8. The molecule has 0 radical (unpaired) electrons. The number of para-hydroxylation sites is 1. The zero-order chi connectivity index (χ0) is 22.2. The Morgan fingerprint density at radius 2 is 1.77 bits per heavy atom. The van der Waals surface area contributed by atoms with Crippen molar-refractivity contribution in [2.75, 3.05) is 57.6 Å². The molecule has 1 heterocycles. The second-order valence-electron chi connectivity index (χ2n) is 7.99. The van der Waals surface area contributed by atoms with Crippen molar-refractivity contribution >= 4 is 23.2 Å². The van der Waals surface area contributed by atoms with E-state index in [4.69, 9.17) is 4.74 Å². The number of amides is 2. The Morgan fingerprint density at radius 3 is 2.48 bits per heavy atom. The lowest BCUT2D eigenvalue weighted by atomic mass is 10.1. The largest absolute Gasteiger partial charge is 0.496 e. The fourth-order valence-corrected chi connectivity index (χ4v) is 3.75. The molecule has 0 aromatic heterocycles. The number of carbonyl (C=O) groups excluding carboxylic acids is 2. The monoisotopic (exact) mass is 424 g/mol. The maximum atomic E-state index is 13.0. The highest BCUT2D eigenvalue weighted by Gasteiger charge is 2.21. The van der Waals surface area contributed by atoms with E-state index in [9.17, 15) is 9.59 Å². The van der Waals surface area contributed by atoms with E-state index in [0.29, 0.717) is 29.1 Å². The molecule has 0 unspecified atom stereocenters. The summed E-state index contributed by atoms with van der Waals surface area (Å²) in [5.74, 6) is 0.116. The summed E-state index contributed by atoms with van der Waals surface area (Å²) in [4.78, 5) is 30.1. The molecule has 1 aliphatic heterocycles. The van der Waals surface area contributed by atoms with Gasteiger partial charge in [-0.2, -0.15) is 0 Å². The van der Waals surface area contributed by atoms with Crippen LogP contribution in [0.5, 0.6) is 5.75 Å². The predicted octanol–water partition coefficient (Wildman–Crippen LogP) is 3.23. The van der Waals surface area contributed by atoms with E-state index in [1.165, 1.54) is 7.11 Å². The molecule has 31 heavy (non-hydrogen) atoms. The van der Waals surface area contributed by atoms with Crippen LogP contribution in [0.1, 0.15) is 40.0 Å². The van der Waals surface area contributed by atoms with E-state index < -0.39 is 0 Å². The van der Waals surface area contributed by atoms with E-state index >= 15 is 0 Å². The number of carbonyl (C=O) groups is 2. The molecule has 0 atom stereocenters. The molecule has 0 aliphatic carbocycles. The van der Waals surface area contributed by atoms with Crippen LogP contribution in [0.4, 0.5) is 11.4 Å². The number of nitrogens with zero attached hydrogens (tertiary/aromatic N) is 2. The number of benzene rings is 2. The van der Waals surface area contributed by atoms with Crippen molar-refractivity contribution in [3.8, 4) is 5.75 Å². The van der Waals surface area contributed by atoms with Crippen molar-refractivity contribution < 1.29 is 14.3 Å². The van der Waals surface area contributed by atoms with E-state index in [1.807, 2.05) is 32.3 Å². The third-order valence-electron chi connectivity index (χ3n) is 5.37. The zero-order valence-electron chi connectivity index (χ0n) is 18.6. The first-order valence-electron chi connectivity index (χ1n) is 10.8. The Labute approximate surface area is 184 Å². The van der Waals surface area contributed by atoms with Crippen molar-refractivity contribution in [2.24, 2.45) is 0 Å². The van der Waals surface area contributed by atoms with Crippen molar-refractivity contribution in [1.29, 1.82) is 0 Å². The molecule has 0 bridgehead atoms. The predicted molar refractivity (Wildman–Crippen MR) is 124 cm³/mol. The summed E-state index contributed by atoms with van der Waals surface area (Å²) in [5.41, 5.74) is 2.53. The quantitative estimate of drug-likeness (QED) is 0.605. The number of hydrogen-bond acceptors (Lipinski definition) is 5. The van der Waals surface area contributed by atoms with Gasteiger partial charge in [0, 0.05) is 31.0 Å². The lowest BCUT2D eigenvalue weighted by molar-refractivity contribution is 0.0951. The Balaban J connectivity index is 1.79. The SMILES string of the molecule is COc1ccccc1C(=O)Nc1ccc(N2CCCC2)c(C(=O)NCCCN(C)C)c1. The molecule has 7 heteroatoms. The van der Waals surface area contributed by atoms with Crippen molar-refractivity contribution in [2.45, 2.75) is 19.3 Å². The molecule has 2 N–H and O–H groups in total. The van der Waals surface area contributed by atoms with Crippen LogP contribution in [0.2, 0.25) is 0 Å². The molecule has 1 aliphatic rings. The number of nitrogens with one attached hydrogen (secondary N) is 2. The lowest BCUT2D eigenvalue weighted by Crippen LogP contribution is -2.29. The van der Waals surface area contributed by atoms with Crippen molar-refractivity contribution in [3.63, 3.8) is 0 Å².